The van der Waals surface area contributed by atoms with E-state index in [1.54, 1.807) is 0 Å². The molecular formula is C47H84O6. The van der Waals surface area contributed by atoms with Crippen molar-refractivity contribution in [2.45, 2.75) is 232 Å². The molecule has 0 rings (SSSR count). The van der Waals surface area contributed by atoms with Crippen LogP contribution in [0.15, 0.2) is 36.5 Å². The van der Waals surface area contributed by atoms with E-state index in [1.165, 1.54) is 109 Å². The maximum Gasteiger partial charge on any atom is 0.306 e. The van der Waals surface area contributed by atoms with Crippen LogP contribution in [0.3, 0.4) is 0 Å². The van der Waals surface area contributed by atoms with Crippen molar-refractivity contribution in [1.29, 1.82) is 0 Å². The fourth-order valence-corrected chi connectivity index (χ4v) is 6.24. The number of unbranched alkanes of at least 4 members (excludes halogenated alkanes) is 23. The average Bonchev–Trinajstić information content (AvgIpc) is 3.15. The summed E-state index contributed by atoms with van der Waals surface area (Å²) in [7, 11) is 0. The lowest BCUT2D eigenvalue weighted by atomic mass is 10.1. The van der Waals surface area contributed by atoms with Crippen molar-refractivity contribution in [2.24, 2.45) is 0 Å². The summed E-state index contributed by atoms with van der Waals surface area (Å²) in [5.74, 6) is -0.931. The first-order valence-electron chi connectivity index (χ1n) is 22.5. The summed E-state index contributed by atoms with van der Waals surface area (Å²) >= 11 is 0. The Labute approximate surface area is 327 Å². The Bertz CT molecular complexity index is 907. The smallest absolute Gasteiger partial charge is 0.306 e. The Kier molecular flexibility index (Phi) is 40.5. The minimum Gasteiger partial charge on any atom is -0.462 e. The maximum absolute atomic E-state index is 12.7. The van der Waals surface area contributed by atoms with Crippen LogP contribution >= 0.6 is 0 Å². The van der Waals surface area contributed by atoms with Crippen molar-refractivity contribution in [1.82, 2.24) is 0 Å². The molecule has 53 heavy (non-hydrogen) atoms. The molecule has 6 heteroatoms. The molecule has 0 bridgehead atoms. The van der Waals surface area contributed by atoms with Gasteiger partial charge in [0.15, 0.2) is 6.10 Å². The SMILES string of the molecule is CC/C=C\C/C=C\CCCCC(=O)OCC(COC(=O)CCCCCCC/C=C\CCCCCCCCC)OC(=O)CCCCCCCCCCCC. The van der Waals surface area contributed by atoms with Crippen molar-refractivity contribution in [3.63, 3.8) is 0 Å². The highest BCUT2D eigenvalue weighted by Crippen LogP contribution is 2.14. The van der Waals surface area contributed by atoms with E-state index < -0.39 is 6.10 Å². The zero-order valence-corrected chi connectivity index (χ0v) is 35.0. The van der Waals surface area contributed by atoms with E-state index in [9.17, 15) is 14.4 Å². The summed E-state index contributed by atoms with van der Waals surface area (Å²) in [5.41, 5.74) is 0. The lowest BCUT2D eigenvalue weighted by Gasteiger charge is -2.18. The molecule has 0 aliphatic rings. The molecule has 0 aromatic rings. The third-order valence-corrected chi connectivity index (χ3v) is 9.63. The highest BCUT2D eigenvalue weighted by molar-refractivity contribution is 5.71. The molecule has 0 heterocycles. The molecule has 0 saturated heterocycles. The molecule has 0 N–H and O–H groups in total. The molecule has 0 aliphatic heterocycles. The predicted octanol–water partition coefficient (Wildman–Crippen LogP) is 14.2. The van der Waals surface area contributed by atoms with E-state index in [1.807, 2.05) is 0 Å². The van der Waals surface area contributed by atoms with Gasteiger partial charge in [0.1, 0.15) is 13.2 Å². The molecule has 1 atom stereocenters. The van der Waals surface area contributed by atoms with Gasteiger partial charge in [-0.25, -0.2) is 0 Å². The summed E-state index contributed by atoms with van der Waals surface area (Å²) in [6.07, 6.45) is 47.1. The van der Waals surface area contributed by atoms with Gasteiger partial charge in [-0.05, 0) is 70.6 Å². The maximum atomic E-state index is 12.7. The number of ether oxygens (including phenoxy) is 3. The zero-order chi connectivity index (χ0) is 38.7. The van der Waals surface area contributed by atoms with Crippen LogP contribution in [-0.2, 0) is 28.6 Å². The molecule has 0 spiro atoms. The normalized spacial score (nSPS) is 12.3. The lowest BCUT2D eigenvalue weighted by molar-refractivity contribution is -0.167. The standard InChI is InChI=1S/C47H84O6/c1-4-7-10-13-16-19-21-22-23-24-25-26-29-31-34-37-40-46(49)52-43-44(42-51-45(48)39-36-33-30-27-18-15-12-9-6-3)53-47(50)41-38-35-32-28-20-17-14-11-8-5-2/h9,12,18,23-24,27,44H,4-8,10-11,13-17,19-22,25-26,28-43H2,1-3H3/b12-9-,24-23-,27-18-. The van der Waals surface area contributed by atoms with Crippen molar-refractivity contribution < 1.29 is 28.6 Å². The Morgan fingerprint density at radius 2 is 0.736 bits per heavy atom. The highest BCUT2D eigenvalue weighted by atomic mass is 16.6. The van der Waals surface area contributed by atoms with Gasteiger partial charge in [-0.15, -0.1) is 0 Å². The molecule has 0 aromatic heterocycles. The third kappa shape index (κ3) is 40.6. The summed E-state index contributed by atoms with van der Waals surface area (Å²) < 4.78 is 16.6. The predicted molar refractivity (Wildman–Crippen MR) is 224 cm³/mol. The fourth-order valence-electron chi connectivity index (χ4n) is 6.24. The molecule has 0 saturated carbocycles. The van der Waals surface area contributed by atoms with Crippen LogP contribution in [0.1, 0.15) is 226 Å². The molecule has 308 valence electrons. The van der Waals surface area contributed by atoms with Crippen LogP contribution < -0.4 is 0 Å². The molecule has 0 radical (unpaired) electrons. The van der Waals surface area contributed by atoms with Crippen molar-refractivity contribution in [3.05, 3.63) is 36.5 Å². The minimum atomic E-state index is -0.781. The molecule has 0 aliphatic carbocycles. The number of carbonyl (C=O) groups is 3. The van der Waals surface area contributed by atoms with Crippen LogP contribution in [0.5, 0.6) is 0 Å². The van der Waals surface area contributed by atoms with Gasteiger partial charge in [0.05, 0.1) is 0 Å². The highest BCUT2D eigenvalue weighted by Gasteiger charge is 2.19. The van der Waals surface area contributed by atoms with Crippen molar-refractivity contribution >= 4 is 17.9 Å². The molecule has 6 nitrogen and oxygen atoms in total. The number of hydrogen-bond donors (Lipinski definition) is 0. The van der Waals surface area contributed by atoms with Crippen molar-refractivity contribution in [2.75, 3.05) is 13.2 Å². The first-order valence-corrected chi connectivity index (χ1v) is 22.5. The molecule has 0 aromatic carbocycles. The summed E-state index contributed by atoms with van der Waals surface area (Å²) in [6.45, 7) is 6.45. The number of allylic oxidation sites excluding steroid dienone is 6. The largest absolute Gasteiger partial charge is 0.462 e. The van der Waals surface area contributed by atoms with Gasteiger partial charge in [0.25, 0.3) is 0 Å². The fraction of sp³-hybridized carbons (Fsp3) is 0.809. The first kappa shape index (κ1) is 50.6. The van der Waals surface area contributed by atoms with Crippen LogP contribution in [0.2, 0.25) is 0 Å². The van der Waals surface area contributed by atoms with E-state index in [0.717, 1.165) is 77.0 Å². The van der Waals surface area contributed by atoms with E-state index in [-0.39, 0.29) is 31.1 Å². The first-order chi connectivity index (χ1) is 26.0. The van der Waals surface area contributed by atoms with Crippen LogP contribution in [0, 0.1) is 0 Å². The Morgan fingerprint density at radius 1 is 0.396 bits per heavy atom. The summed E-state index contributed by atoms with van der Waals surface area (Å²) in [5, 5.41) is 0. The van der Waals surface area contributed by atoms with Gasteiger partial charge < -0.3 is 14.2 Å². The number of esters is 3. The van der Waals surface area contributed by atoms with Gasteiger partial charge in [-0.1, -0.05) is 173 Å². The van der Waals surface area contributed by atoms with E-state index in [4.69, 9.17) is 14.2 Å². The third-order valence-electron chi connectivity index (χ3n) is 9.63. The molecule has 0 amide bonds. The average molecular weight is 745 g/mol. The number of rotatable bonds is 40. The molecule has 1 unspecified atom stereocenters. The van der Waals surface area contributed by atoms with E-state index >= 15 is 0 Å². The minimum absolute atomic E-state index is 0.0850. The van der Waals surface area contributed by atoms with Crippen LogP contribution in [0.4, 0.5) is 0 Å². The second-order valence-corrected chi connectivity index (χ2v) is 14.9. The Hall–Kier alpha value is -2.37. The molecular weight excluding hydrogens is 661 g/mol. The second kappa shape index (κ2) is 42.4. The topological polar surface area (TPSA) is 78.9 Å². The monoisotopic (exact) mass is 745 g/mol. The number of hydrogen-bond acceptors (Lipinski definition) is 6. The summed E-state index contributed by atoms with van der Waals surface area (Å²) in [6, 6.07) is 0. The van der Waals surface area contributed by atoms with Gasteiger partial charge in [0, 0.05) is 19.3 Å². The van der Waals surface area contributed by atoms with Crippen LogP contribution in [-0.4, -0.2) is 37.2 Å². The van der Waals surface area contributed by atoms with Gasteiger partial charge in [0.2, 0.25) is 0 Å². The molecule has 0 fully saturated rings. The van der Waals surface area contributed by atoms with E-state index in [2.05, 4.69) is 57.2 Å². The van der Waals surface area contributed by atoms with Gasteiger partial charge >= 0.3 is 17.9 Å². The van der Waals surface area contributed by atoms with Crippen LogP contribution in [0.25, 0.3) is 0 Å². The quantitative estimate of drug-likeness (QED) is 0.0269. The van der Waals surface area contributed by atoms with Gasteiger partial charge in [-0.2, -0.15) is 0 Å². The second-order valence-electron chi connectivity index (χ2n) is 14.9. The van der Waals surface area contributed by atoms with E-state index in [0.29, 0.717) is 19.3 Å². The Balaban J connectivity index is 4.34. The van der Waals surface area contributed by atoms with Gasteiger partial charge in [-0.3, -0.25) is 14.4 Å². The number of carbonyl (C=O) groups excluding carboxylic acids is 3. The summed E-state index contributed by atoms with van der Waals surface area (Å²) in [4.78, 5) is 37.6. The lowest BCUT2D eigenvalue weighted by Crippen LogP contribution is -2.30. The van der Waals surface area contributed by atoms with Crippen molar-refractivity contribution in [3.8, 4) is 0 Å². The Morgan fingerprint density at radius 3 is 1.19 bits per heavy atom. The zero-order valence-electron chi connectivity index (χ0n) is 35.0.